The van der Waals surface area contributed by atoms with Crippen molar-refractivity contribution >= 4 is 33.4 Å². The molecule has 1 saturated heterocycles. The number of halogens is 1. The number of amides is 1. The quantitative estimate of drug-likeness (QED) is 0.241. The van der Waals surface area contributed by atoms with E-state index >= 15 is 0 Å². The van der Waals surface area contributed by atoms with E-state index in [1.165, 1.54) is 12.0 Å². The number of likely N-dealkylation sites (tertiary alicyclic amines) is 1. The van der Waals surface area contributed by atoms with Crippen LogP contribution >= 0.6 is 15.9 Å². The number of aromatic hydroxyl groups is 1. The Morgan fingerprint density at radius 2 is 2.00 bits per heavy atom. The lowest BCUT2D eigenvalue weighted by Gasteiger charge is -2.26. The molecule has 2 aromatic carbocycles. The van der Waals surface area contributed by atoms with Gasteiger partial charge in [0.25, 0.3) is 11.7 Å². The van der Waals surface area contributed by atoms with Gasteiger partial charge in [0.15, 0.2) is 11.5 Å². The number of aliphatic hydroxyl groups is 1. The molecule has 2 aromatic rings. The molecule has 0 unspecified atom stereocenters. The number of hydrogen-bond donors (Lipinski definition) is 2. The van der Waals surface area contributed by atoms with E-state index in [9.17, 15) is 19.8 Å². The summed E-state index contributed by atoms with van der Waals surface area (Å²) in [6.45, 7) is 2.61. The second-order valence-corrected chi connectivity index (χ2v) is 9.20. The smallest absolute Gasteiger partial charge is 0.295 e. The summed E-state index contributed by atoms with van der Waals surface area (Å²) >= 11 is 3.31. The number of methoxy groups -OCH3 is 2. The summed E-state index contributed by atoms with van der Waals surface area (Å²) in [4.78, 5) is 27.6. The summed E-state index contributed by atoms with van der Waals surface area (Å²) in [7, 11) is 2.97. The molecule has 34 heavy (non-hydrogen) atoms. The minimum absolute atomic E-state index is 0.0195. The zero-order valence-corrected chi connectivity index (χ0v) is 20.7. The van der Waals surface area contributed by atoms with Crippen LogP contribution in [0.4, 0.5) is 0 Å². The molecule has 1 amide bonds. The van der Waals surface area contributed by atoms with Crippen molar-refractivity contribution in [2.24, 2.45) is 0 Å². The van der Waals surface area contributed by atoms with Crippen LogP contribution in [0.15, 0.2) is 40.4 Å². The van der Waals surface area contributed by atoms with E-state index in [2.05, 4.69) is 15.9 Å². The van der Waals surface area contributed by atoms with Crippen LogP contribution in [0.1, 0.15) is 36.1 Å². The molecule has 0 aliphatic carbocycles. The van der Waals surface area contributed by atoms with Gasteiger partial charge in [-0.1, -0.05) is 0 Å². The highest BCUT2D eigenvalue weighted by atomic mass is 79.9. The number of rotatable bonds is 7. The molecule has 0 saturated carbocycles. The minimum Gasteiger partial charge on any atom is -0.507 e. The van der Waals surface area contributed by atoms with Crippen LogP contribution in [0, 0.1) is 0 Å². The molecule has 1 fully saturated rings. The Labute approximate surface area is 205 Å². The predicted octanol–water partition coefficient (Wildman–Crippen LogP) is 3.94. The third kappa shape index (κ3) is 4.25. The number of nitrogens with zero attached hydrogens (tertiary/aromatic N) is 1. The third-order valence-electron chi connectivity index (χ3n) is 6.04. The number of Topliss-reactive ketones (excluding diaryl/α,β-unsaturated/α-hetero) is 1. The fraction of sp³-hybridized carbons (Fsp3) is 0.360. The molecule has 180 valence electrons. The molecule has 2 aliphatic heterocycles. The highest BCUT2D eigenvalue weighted by molar-refractivity contribution is 9.10. The van der Waals surface area contributed by atoms with Crippen molar-refractivity contribution in [3.8, 4) is 17.2 Å². The standard InChI is InChI=1S/C25H26BrNO7/c1-13-9-15-10-14(5-6-18(15)34-13)22(28)20-21(16-11-17(26)23(29)19(12-16)33-3)27(7-4-8-32-2)25(31)24(20)30/h5-6,10-13,21,28-29H,4,7-9H2,1-3H3/t13-,21+/m1/s1. The van der Waals surface area contributed by atoms with Crippen LogP contribution < -0.4 is 9.47 Å². The topological polar surface area (TPSA) is 106 Å². The second-order valence-electron chi connectivity index (χ2n) is 8.35. The van der Waals surface area contributed by atoms with Crippen molar-refractivity contribution in [3.63, 3.8) is 0 Å². The van der Waals surface area contributed by atoms with Gasteiger partial charge in [-0.05, 0) is 70.7 Å². The Bertz CT molecular complexity index is 1180. The molecule has 8 nitrogen and oxygen atoms in total. The Balaban J connectivity index is 1.86. The van der Waals surface area contributed by atoms with Crippen LogP contribution in [0.2, 0.25) is 0 Å². The van der Waals surface area contributed by atoms with Crippen LogP contribution in [0.5, 0.6) is 17.2 Å². The highest BCUT2D eigenvalue weighted by Gasteiger charge is 2.46. The minimum atomic E-state index is -0.869. The number of fused-ring (bicyclic) bond motifs is 1. The zero-order valence-electron chi connectivity index (χ0n) is 19.1. The monoisotopic (exact) mass is 531 g/mol. The summed E-state index contributed by atoms with van der Waals surface area (Å²) in [6.07, 6.45) is 1.22. The highest BCUT2D eigenvalue weighted by Crippen LogP contribution is 2.44. The van der Waals surface area contributed by atoms with E-state index in [0.29, 0.717) is 35.0 Å². The maximum absolute atomic E-state index is 13.2. The van der Waals surface area contributed by atoms with Crippen molar-refractivity contribution in [2.45, 2.75) is 31.9 Å². The molecule has 2 atom stereocenters. The van der Waals surface area contributed by atoms with Crippen molar-refractivity contribution in [1.29, 1.82) is 0 Å². The first-order valence-electron chi connectivity index (χ1n) is 10.9. The molecular weight excluding hydrogens is 506 g/mol. The molecule has 0 aromatic heterocycles. The largest absolute Gasteiger partial charge is 0.507 e. The van der Waals surface area contributed by atoms with Crippen LogP contribution in [0.3, 0.4) is 0 Å². The molecular formula is C25H26BrNO7. The molecule has 2 heterocycles. The molecule has 4 rings (SSSR count). The first kappa shape index (κ1) is 24.1. The second kappa shape index (κ2) is 9.68. The normalized spacial score (nSPS) is 21.0. The van der Waals surface area contributed by atoms with Gasteiger partial charge in [-0.25, -0.2) is 0 Å². The van der Waals surface area contributed by atoms with Gasteiger partial charge in [-0.3, -0.25) is 9.59 Å². The van der Waals surface area contributed by atoms with Crippen molar-refractivity contribution in [3.05, 3.63) is 57.1 Å². The number of carbonyl (C=O) groups excluding carboxylic acids is 2. The average molecular weight is 532 g/mol. The van der Waals surface area contributed by atoms with Crippen molar-refractivity contribution in [2.75, 3.05) is 27.4 Å². The first-order chi connectivity index (χ1) is 16.3. The van der Waals surface area contributed by atoms with Gasteiger partial charge in [-0.2, -0.15) is 0 Å². The number of benzene rings is 2. The molecule has 2 N–H and O–H groups in total. The lowest BCUT2D eigenvalue weighted by Crippen LogP contribution is -2.31. The fourth-order valence-electron chi connectivity index (χ4n) is 4.47. The zero-order chi connectivity index (χ0) is 24.6. The van der Waals surface area contributed by atoms with Crippen LogP contribution in [-0.4, -0.2) is 60.3 Å². The molecule has 9 heteroatoms. The first-order valence-corrected chi connectivity index (χ1v) is 11.7. The Kier molecular flexibility index (Phi) is 6.86. The van der Waals surface area contributed by atoms with Crippen LogP contribution in [0.25, 0.3) is 5.76 Å². The van der Waals surface area contributed by atoms with E-state index < -0.39 is 17.7 Å². The number of ether oxygens (including phenoxy) is 3. The summed E-state index contributed by atoms with van der Waals surface area (Å²) in [5.74, 6) is -0.918. The van der Waals surface area contributed by atoms with E-state index in [0.717, 1.165) is 11.3 Å². The van der Waals surface area contributed by atoms with Gasteiger partial charge >= 0.3 is 0 Å². The van der Waals surface area contributed by atoms with Crippen LogP contribution in [-0.2, 0) is 20.7 Å². The number of ketones is 1. The van der Waals surface area contributed by atoms with Crippen molar-refractivity contribution in [1.82, 2.24) is 4.90 Å². The number of aliphatic hydroxyl groups excluding tert-OH is 1. The van der Waals surface area contributed by atoms with Gasteiger partial charge < -0.3 is 29.3 Å². The molecule has 0 radical (unpaired) electrons. The van der Waals surface area contributed by atoms with Gasteiger partial charge in [0, 0.05) is 32.2 Å². The maximum atomic E-state index is 13.2. The molecule has 0 spiro atoms. The van der Waals surface area contributed by atoms with E-state index in [4.69, 9.17) is 14.2 Å². The SMILES string of the molecule is COCCCN1C(=O)C(=O)C(=C(O)c2ccc3c(c2)C[C@@H](C)O3)[C@@H]1c1cc(Br)c(O)c(OC)c1. The Hall–Kier alpha value is -3.04. The summed E-state index contributed by atoms with van der Waals surface area (Å²) in [5.41, 5.74) is 1.85. The summed E-state index contributed by atoms with van der Waals surface area (Å²) in [5, 5.41) is 21.6. The number of phenols is 1. The Morgan fingerprint density at radius 3 is 2.71 bits per heavy atom. The fourth-order valence-corrected chi connectivity index (χ4v) is 4.93. The molecule has 2 aliphatic rings. The van der Waals surface area contributed by atoms with E-state index in [1.54, 1.807) is 37.4 Å². The van der Waals surface area contributed by atoms with Gasteiger partial charge in [0.1, 0.15) is 17.6 Å². The van der Waals surface area contributed by atoms with Crippen molar-refractivity contribution < 1.29 is 34.0 Å². The van der Waals surface area contributed by atoms with E-state index in [1.807, 2.05) is 6.92 Å². The average Bonchev–Trinajstić information content (AvgIpc) is 3.31. The lowest BCUT2D eigenvalue weighted by atomic mass is 9.94. The summed E-state index contributed by atoms with van der Waals surface area (Å²) < 4.78 is 16.5. The molecule has 0 bridgehead atoms. The number of carbonyl (C=O) groups is 2. The van der Waals surface area contributed by atoms with Gasteiger partial charge in [0.05, 0.1) is 23.2 Å². The Morgan fingerprint density at radius 1 is 1.24 bits per heavy atom. The number of hydrogen-bond acceptors (Lipinski definition) is 7. The third-order valence-corrected chi connectivity index (χ3v) is 6.65. The predicted molar refractivity (Wildman–Crippen MR) is 128 cm³/mol. The number of phenolic OH excluding ortho intramolecular Hbond substituents is 1. The lowest BCUT2D eigenvalue weighted by molar-refractivity contribution is -0.140. The van der Waals surface area contributed by atoms with Gasteiger partial charge in [-0.15, -0.1) is 0 Å². The van der Waals surface area contributed by atoms with E-state index in [-0.39, 0.29) is 35.5 Å². The summed E-state index contributed by atoms with van der Waals surface area (Å²) in [6, 6.07) is 7.53. The van der Waals surface area contributed by atoms with Gasteiger partial charge in [0.2, 0.25) is 0 Å². The maximum Gasteiger partial charge on any atom is 0.295 e.